The maximum atomic E-state index is 12.2. The number of amides is 1. The third-order valence-electron chi connectivity index (χ3n) is 4.86. The van der Waals surface area contributed by atoms with Gasteiger partial charge in [0.05, 0.1) is 7.11 Å². The number of hydrogen-bond acceptors (Lipinski definition) is 6. The minimum absolute atomic E-state index is 0.0358. The van der Waals surface area contributed by atoms with Crippen LogP contribution in [0.25, 0.3) is 0 Å². The summed E-state index contributed by atoms with van der Waals surface area (Å²) in [5, 5.41) is 9.11. The van der Waals surface area contributed by atoms with Gasteiger partial charge in [0, 0.05) is 25.7 Å². The molecule has 0 fully saturated rings. The summed E-state index contributed by atoms with van der Waals surface area (Å²) in [5.74, 6) is -0.108. The molecule has 8 heteroatoms. The number of esters is 1. The van der Waals surface area contributed by atoms with E-state index in [1.54, 1.807) is 28.0 Å². The molecule has 0 spiro atoms. The van der Waals surface area contributed by atoms with Crippen molar-refractivity contribution < 1.29 is 19.1 Å². The van der Waals surface area contributed by atoms with Crippen LogP contribution in [0.15, 0.2) is 29.1 Å². The molecule has 1 aromatic carbocycles. The predicted molar refractivity (Wildman–Crippen MR) is 110 cm³/mol. The van der Waals surface area contributed by atoms with Gasteiger partial charge in [0.2, 0.25) is 0 Å². The van der Waals surface area contributed by atoms with Crippen LogP contribution in [0.3, 0.4) is 0 Å². The van der Waals surface area contributed by atoms with Crippen molar-refractivity contribution in [1.29, 1.82) is 5.26 Å². The van der Waals surface area contributed by atoms with Crippen LogP contribution in [-0.4, -0.2) is 42.5 Å². The van der Waals surface area contributed by atoms with E-state index in [2.05, 4.69) is 4.98 Å². The lowest BCUT2D eigenvalue weighted by atomic mass is 9.99. The SMILES string of the molecule is COc1ccc(CN(C)C(=O)COC(=O)CCc2c(C)[nH]c(=O)c(C#N)c2C)cc1. The van der Waals surface area contributed by atoms with E-state index in [-0.39, 0.29) is 24.5 Å². The van der Waals surface area contributed by atoms with Crippen LogP contribution in [0.5, 0.6) is 5.75 Å². The Balaban J connectivity index is 1.86. The molecule has 0 unspecified atom stereocenters. The van der Waals surface area contributed by atoms with Crippen molar-refractivity contribution in [3.05, 3.63) is 62.6 Å². The zero-order chi connectivity index (χ0) is 22.3. The summed E-state index contributed by atoms with van der Waals surface area (Å²) in [4.78, 5) is 40.2. The minimum atomic E-state index is -0.523. The Hall–Kier alpha value is -3.60. The Morgan fingerprint density at radius 3 is 2.47 bits per heavy atom. The Morgan fingerprint density at radius 1 is 1.20 bits per heavy atom. The number of methoxy groups -OCH3 is 1. The molecule has 2 rings (SSSR count). The smallest absolute Gasteiger partial charge is 0.306 e. The van der Waals surface area contributed by atoms with Crippen LogP contribution < -0.4 is 10.3 Å². The molecule has 0 aliphatic rings. The van der Waals surface area contributed by atoms with Crippen molar-refractivity contribution in [3.63, 3.8) is 0 Å². The average molecular weight is 411 g/mol. The van der Waals surface area contributed by atoms with Crippen LogP contribution >= 0.6 is 0 Å². The summed E-state index contributed by atoms with van der Waals surface area (Å²) in [6, 6.07) is 9.22. The molecule has 1 aromatic heterocycles. The molecule has 0 bridgehead atoms. The second kappa shape index (κ2) is 10.3. The minimum Gasteiger partial charge on any atom is -0.497 e. The second-order valence-electron chi connectivity index (χ2n) is 6.93. The number of aryl methyl sites for hydroxylation is 1. The number of carbonyl (C=O) groups excluding carboxylic acids is 2. The highest BCUT2D eigenvalue weighted by molar-refractivity contribution is 5.80. The third kappa shape index (κ3) is 5.70. The predicted octanol–water partition coefficient (Wildman–Crippen LogP) is 2.01. The Bertz CT molecular complexity index is 1020. The van der Waals surface area contributed by atoms with E-state index in [4.69, 9.17) is 14.7 Å². The molecular formula is C22H25N3O5. The lowest BCUT2D eigenvalue weighted by molar-refractivity contribution is -0.151. The number of H-pyrrole nitrogens is 1. The quantitative estimate of drug-likeness (QED) is 0.665. The summed E-state index contributed by atoms with van der Waals surface area (Å²) >= 11 is 0. The van der Waals surface area contributed by atoms with Gasteiger partial charge >= 0.3 is 5.97 Å². The van der Waals surface area contributed by atoms with Gasteiger partial charge in [0.25, 0.3) is 11.5 Å². The van der Waals surface area contributed by atoms with Gasteiger partial charge in [-0.05, 0) is 49.1 Å². The van der Waals surface area contributed by atoms with Crippen LogP contribution in [0.2, 0.25) is 0 Å². The van der Waals surface area contributed by atoms with E-state index >= 15 is 0 Å². The first-order valence-electron chi connectivity index (χ1n) is 9.41. The first kappa shape index (κ1) is 22.7. The van der Waals surface area contributed by atoms with E-state index in [9.17, 15) is 14.4 Å². The molecule has 1 N–H and O–H groups in total. The van der Waals surface area contributed by atoms with Crippen molar-refractivity contribution in [1.82, 2.24) is 9.88 Å². The number of benzene rings is 1. The largest absolute Gasteiger partial charge is 0.497 e. The van der Waals surface area contributed by atoms with Gasteiger partial charge in [-0.1, -0.05) is 12.1 Å². The molecule has 0 radical (unpaired) electrons. The molecule has 0 saturated carbocycles. The molecule has 0 saturated heterocycles. The van der Waals surface area contributed by atoms with Gasteiger partial charge in [0.1, 0.15) is 17.4 Å². The van der Waals surface area contributed by atoms with Crippen LogP contribution in [0.4, 0.5) is 0 Å². The fourth-order valence-electron chi connectivity index (χ4n) is 3.06. The number of aromatic amines is 1. The number of hydrogen-bond donors (Lipinski definition) is 1. The highest BCUT2D eigenvalue weighted by atomic mass is 16.5. The Morgan fingerprint density at radius 2 is 1.87 bits per heavy atom. The zero-order valence-electron chi connectivity index (χ0n) is 17.6. The summed E-state index contributed by atoms with van der Waals surface area (Å²) in [6.45, 7) is 3.43. The van der Waals surface area contributed by atoms with E-state index in [0.717, 1.165) is 16.9 Å². The van der Waals surface area contributed by atoms with Gasteiger partial charge < -0.3 is 19.4 Å². The van der Waals surface area contributed by atoms with Crippen LogP contribution in [-0.2, 0) is 27.3 Å². The molecular weight excluding hydrogens is 386 g/mol. The maximum Gasteiger partial charge on any atom is 0.306 e. The number of nitriles is 1. The molecule has 0 aliphatic heterocycles. The summed E-state index contributed by atoms with van der Waals surface area (Å²) in [5.41, 5.74) is 2.42. The standard InChI is InChI=1S/C22H25N3O5/c1-14-18(15(2)24-22(28)19(14)11-23)9-10-21(27)30-13-20(26)25(3)12-16-5-7-17(29-4)8-6-16/h5-8H,9-10,12-13H2,1-4H3,(H,24,28). The highest BCUT2D eigenvalue weighted by Crippen LogP contribution is 2.15. The fourth-order valence-corrected chi connectivity index (χ4v) is 3.06. The monoisotopic (exact) mass is 411 g/mol. The van der Waals surface area contributed by atoms with E-state index < -0.39 is 11.5 Å². The third-order valence-corrected chi connectivity index (χ3v) is 4.86. The van der Waals surface area contributed by atoms with Crippen molar-refractivity contribution in [2.75, 3.05) is 20.8 Å². The molecule has 8 nitrogen and oxygen atoms in total. The van der Waals surface area contributed by atoms with Crippen molar-refractivity contribution in [2.24, 2.45) is 0 Å². The Kier molecular flexibility index (Phi) is 7.76. The van der Waals surface area contributed by atoms with Gasteiger partial charge in [-0.25, -0.2) is 0 Å². The number of rotatable bonds is 8. The highest BCUT2D eigenvalue weighted by Gasteiger charge is 2.16. The number of nitrogens with one attached hydrogen (secondary N) is 1. The average Bonchev–Trinajstić information content (AvgIpc) is 2.72. The van der Waals surface area contributed by atoms with Gasteiger partial charge in [0.15, 0.2) is 6.61 Å². The summed E-state index contributed by atoms with van der Waals surface area (Å²) in [6.07, 6.45) is 0.339. The van der Waals surface area contributed by atoms with Crippen molar-refractivity contribution in [2.45, 2.75) is 33.2 Å². The Labute approximate surface area is 175 Å². The van der Waals surface area contributed by atoms with Gasteiger partial charge in [-0.15, -0.1) is 0 Å². The first-order chi connectivity index (χ1) is 14.3. The zero-order valence-corrected chi connectivity index (χ0v) is 17.6. The topological polar surface area (TPSA) is 112 Å². The van der Waals surface area contributed by atoms with Crippen LogP contribution in [0.1, 0.15) is 34.4 Å². The molecule has 0 aliphatic carbocycles. The molecule has 30 heavy (non-hydrogen) atoms. The summed E-state index contributed by atoms with van der Waals surface area (Å²) < 4.78 is 10.2. The number of pyridine rings is 1. The second-order valence-corrected chi connectivity index (χ2v) is 6.93. The van der Waals surface area contributed by atoms with Crippen molar-refractivity contribution in [3.8, 4) is 11.8 Å². The first-order valence-corrected chi connectivity index (χ1v) is 9.41. The maximum absolute atomic E-state index is 12.2. The molecule has 2 aromatic rings. The van der Waals surface area contributed by atoms with Gasteiger partial charge in [-0.3, -0.25) is 14.4 Å². The lowest BCUT2D eigenvalue weighted by Gasteiger charge is -2.17. The number of ether oxygens (including phenoxy) is 2. The number of carbonyl (C=O) groups is 2. The number of nitrogens with zero attached hydrogens (tertiary/aromatic N) is 2. The summed E-state index contributed by atoms with van der Waals surface area (Å²) in [7, 11) is 3.22. The molecule has 1 heterocycles. The fraction of sp³-hybridized carbons (Fsp3) is 0.364. The van der Waals surface area contributed by atoms with Crippen molar-refractivity contribution >= 4 is 11.9 Å². The lowest BCUT2D eigenvalue weighted by Crippen LogP contribution is -2.30. The van der Waals surface area contributed by atoms with E-state index in [1.807, 2.05) is 30.3 Å². The van der Waals surface area contributed by atoms with E-state index in [0.29, 0.717) is 24.2 Å². The van der Waals surface area contributed by atoms with Gasteiger partial charge in [-0.2, -0.15) is 5.26 Å². The number of aromatic nitrogens is 1. The molecule has 0 atom stereocenters. The normalized spacial score (nSPS) is 10.2. The molecule has 158 valence electrons. The van der Waals surface area contributed by atoms with Crippen LogP contribution in [0, 0.1) is 25.2 Å². The van der Waals surface area contributed by atoms with E-state index in [1.165, 1.54) is 4.90 Å². The molecule has 1 amide bonds. The number of likely N-dealkylation sites (N-methyl/N-ethyl adjacent to an activating group) is 1.